The Morgan fingerprint density at radius 1 is 1.50 bits per heavy atom. The molecular weight excluding hydrogens is 178 g/mol. The largest absolute Gasteiger partial charge is 0.385 e. The van der Waals surface area contributed by atoms with Gasteiger partial charge in [0.05, 0.1) is 0 Å². The lowest BCUT2D eigenvalue weighted by Crippen LogP contribution is -2.24. The van der Waals surface area contributed by atoms with Crippen molar-refractivity contribution in [2.24, 2.45) is 5.92 Å². The van der Waals surface area contributed by atoms with E-state index >= 15 is 0 Å². The molecule has 0 bridgehead atoms. The van der Waals surface area contributed by atoms with Crippen molar-refractivity contribution in [3.8, 4) is 0 Å². The van der Waals surface area contributed by atoms with Gasteiger partial charge >= 0.3 is 0 Å². The molecule has 0 aromatic carbocycles. The summed E-state index contributed by atoms with van der Waals surface area (Å²) in [6.45, 7) is 4.09. The average Bonchev–Trinajstić information content (AvgIpc) is 2.47. The van der Waals surface area contributed by atoms with Crippen LogP contribution in [-0.2, 0) is 0 Å². The number of aliphatic hydroxyl groups is 1. The molecule has 1 aromatic rings. The molecule has 0 radical (unpaired) electrons. The number of rotatable bonds is 3. The number of aliphatic hydroxyl groups excluding tert-OH is 1. The summed E-state index contributed by atoms with van der Waals surface area (Å²) < 4.78 is 1.81. The maximum atomic E-state index is 10.0. The minimum absolute atomic E-state index is 0.266. The molecule has 1 aromatic heterocycles. The molecule has 1 unspecified atom stereocenters. The third-order valence-corrected chi connectivity index (χ3v) is 2.95. The van der Waals surface area contributed by atoms with E-state index in [1.807, 2.05) is 18.5 Å². The molecule has 0 saturated heterocycles. The fraction of sp³-hybridized carbons (Fsp3) is 0.800. The first-order valence-corrected chi connectivity index (χ1v) is 5.27. The van der Waals surface area contributed by atoms with Crippen molar-refractivity contribution in [3.63, 3.8) is 0 Å². The third kappa shape index (κ3) is 1.54. The van der Waals surface area contributed by atoms with Crippen molar-refractivity contribution in [3.05, 3.63) is 12.2 Å². The molecule has 14 heavy (non-hydrogen) atoms. The Bertz CT molecular complexity index is 304. The van der Waals surface area contributed by atoms with Crippen molar-refractivity contribution in [1.29, 1.82) is 0 Å². The highest BCUT2D eigenvalue weighted by atomic mass is 16.3. The molecule has 78 valence electrons. The van der Waals surface area contributed by atoms with Gasteiger partial charge in [-0.15, -0.1) is 0 Å². The number of hydrogen-bond donors (Lipinski definition) is 1. The molecule has 1 fully saturated rings. The Labute approximate surface area is 84.0 Å². The lowest BCUT2D eigenvalue weighted by molar-refractivity contribution is 0.0502. The number of nitrogens with zero attached hydrogens (tertiary/aromatic N) is 3. The zero-order valence-electron chi connectivity index (χ0n) is 8.72. The van der Waals surface area contributed by atoms with E-state index in [0.717, 1.165) is 18.7 Å². The quantitative estimate of drug-likeness (QED) is 0.798. The summed E-state index contributed by atoms with van der Waals surface area (Å²) in [7, 11) is 0. The van der Waals surface area contributed by atoms with Crippen LogP contribution >= 0.6 is 0 Å². The van der Waals surface area contributed by atoms with Crippen LogP contribution in [0.1, 0.15) is 51.1 Å². The molecule has 1 aliphatic carbocycles. The highest BCUT2D eigenvalue weighted by Crippen LogP contribution is 2.37. The summed E-state index contributed by atoms with van der Waals surface area (Å²) in [5.41, 5.74) is 0. The molecule has 1 heterocycles. The van der Waals surface area contributed by atoms with Crippen LogP contribution in [0.5, 0.6) is 0 Å². The average molecular weight is 195 g/mol. The van der Waals surface area contributed by atoms with Crippen LogP contribution in [0.15, 0.2) is 6.33 Å². The second kappa shape index (κ2) is 3.69. The van der Waals surface area contributed by atoms with Gasteiger partial charge in [-0.25, -0.2) is 9.67 Å². The summed E-state index contributed by atoms with van der Waals surface area (Å²) in [6.07, 6.45) is 4.57. The minimum atomic E-state index is -0.423. The molecule has 1 N–H and O–H groups in total. The van der Waals surface area contributed by atoms with Gasteiger partial charge in [-0.2, -0.15) is 5.10 Å². The van der Waals surface area contributed by atoms with Gasteiger partial charge in [0, 0.05) is 6.04 Å². The van der Waals surface area contributed by atoms with E-state index in [-0.39, 0.29) is 6.04 Å². The van der Waals surface area contributed by atoms with E-state index in [1.165, 1.54) is 12.7 Å². The Kier molecular flexibility index (Phi) is 2.54. The van der Waals surface area contributed by atoms with Crippen molar-refractivity contribution in [2.75, 3.05) is 0 Å². The second-order valence-corrected chi connectivity index (χ2v) is 4.29. The van der Waals surface area contributed by atoms with Crippen molar-refractivity contribution in [2.45, 2.75) is 45.3 Å². The molecule has 0 amide bonds. The molecule has 1 atom stereocenters. The summed E-state index contributed by atoms with van der Waals surface area (Å²) in [6, 6.07) is 0.266. The lowest BCUT2D eigenvalue weighted by Gasteiger charge is -2.30. The van der Waals surface area contributed by atoms with E-state index in [0.29, 0.717) is 5.92 Å². The lowest BCUT2D eigenvalue weighted by atomic mass is 9.81. The van der Waals surface area contributed by atoms with Crippen LogP contribution in [0.4, 0.5) is 0 Å². The van der Waals surface area contributed by atoms with E-state index < -0.39 is 6.10 Å². The first kappa shape index (κ1) is 9.65. The second-order valence-electron chi connectivity index (χ2n) is 4.29. The van der Waals surface area contributed by atoms with E-state index in [2.05, 4.69) is 10.1 Å². The maximum absolute atomic E-state index is 10.0. The van der Waals surface area contributed by atoms with Gasteiger partial charge in [-0.05, 0) is 32.6 Å². The van der Waals surface area contributed by atoms with E-state index in [9.17, 15) is 5.11 Å². The van der Waals surface area contributed by atoms with Gasteiger partial charge in [-0.1, -0.05) is 6.42 Å². The molecule has 0 spiro atoms. The zero-order chi connectivity index (χ0) is 10.1. The Balaban J connectivity index is 2.17. The van der Waals surface area contributed by atoms with Crippen LogP contribution < -0.4 is 0 Å². The highest BCUT2D eigenvalue weighted by Gasteiger charge is 2.30. The SMILES string of the molecule is CC(C)n1ncnc1C(O)C1CCC1. The van der Waals surface area contributed by atoms with Crippen molar-refractivity contribution < 1.29 is 5.11 Å². The predicted octanol–water partition coefficient (Wildman–Crippen LogP) is 1.69. The fourth-order valence-corrected chi connectivity index (χ4v) is 1.84. The summed E-state index contributed by atoms with van der Waals surface area (Å²) in [5, 5.41) is 14.2. The first-order chi connectivity index (χ1) is 6.70. The van der Waals surface area contributed by atoms with Gasteiger partial charge in [-0.3, -0.25) is 0 Å². The zero-order valence-corrected chi connectivity index (χ0v) is 8.72. The normalized spacial score (nSPS) is 19.7. The standard InChI is InChI=1S/C10H17N3O/c1-7(2)13-10(11-6-12-13)9(14)8-4-3-5-8/h6-9,14H,3-5H2,1-2H3. The third-order valence-electron chi connectivity index (χ3n) is 2.95. The van der Waals surface area contributed by atoms with Crippen molar-refractivity contribution >= 4 is 0 Å². The van der Waals surface area contributed by atoms with Crippen LogP contribution in [0.3, 0.4) is 0 Å². The van der Waals surface area contributed by atoms with Gasteiger partial charge in [0.1, 0.15) is 12.4 Å². The topological polar surface area (TPSA) is 50.9 Å². The molecule has 4 nitrogen and oxygen atoms in total. The summed E-state index contributed by atoms with van der Waals surface area (Å²) in [4.78, 5) is 4.14. The van der Waals surface area contributed by atoms with E-state index in [1.54, 1.807) is 0 Å². The molecule has 4 heteroatoms. The molecule has 0 aliphatic heterocycles. The number of hydrogen-bond acceptors (Lipinski definition) is 3. The Morgan fingerprint density at radius 3 is 2.71 bits per heavy atom. The smallest absolute Gasteiger partial charge is 0.156 e. The van der Waals surface area contributed by atoms with Crippen LogP contribution in [-0.4, -0.2) is 19.9 Å². The Morgan fingerprint density at radius 2 is 2.21 bits per heavy atom. The molecular formula is C10H17N3O. The summed E-state index contributed by atoms with van der Waals surface area (Å²) in [5.74, 6) is 1.13. The van der Waals surface area contributed by atoms with Crippen molar-refractivity contribution in [1.82, 2.24) is 14.8 Å². The van der Waals surface area contributed by atoms with Crippen LogP contribution in [0.25, 0.3) is 0 Å². The van der Waals surface area contributed by atoms with Crippen LogP contribution in [0, 0.1) is 5.92 Å². The van der Waals surface area contributed by atoms with Gasteiger partial charge < -0.3 is 5.11 Å². The highest BCUT2D eigenvalue weighted by molar-refractivity contribution is 4.96. The molecule has 1 aliphatic rings. The number of aromatic nitrogens is 3. The minimum Gasteiger partial charge on any atom is -0.385 e. The van der Waals surface area contributed by atoms with Gasteiger partial charge in [0.15, 0.2) is 5.82 Å². The Hall–Kier alpha value is -0.900. The summed E-state index contributed by atoms with van der Waals surface area (Å²) >= 11 is 0. The first-order valence-electron chi connectivity index (χ1n) is 5.27. The molecule has 2 rings (SSSR count). The van der Waals surface area contributed by atoms with Crippen LogP contribution in [0.2, 0.25) is 0 Å². The predicted molar refractivity (Wildman–Crippen MR) is 52.7 cm³/mol. The van der Waals surface area contributed by atoms with E-state index in [4.69, 9.17) is 0 Å². The molecule has 1 saturated carbocycles. The monoisotopic (exact) mass is 195 g/mol. The van der Waals surface area contributed by atoms with Gasteiger partial charge in [0.2, 0.25) is 0 Å². The van der Waals surface area contributed by atoms with Gasteiger partial charge in [0.25, 0.3) is 0 Å². The maximum Gasteiger partial charge on any atom is 0.156 e. The fourth-order valence-electron chi connectivity index (χ4n) is 1.84.